The SMILES string of the molecule is O=C(COc1c2cccc(Cl)c2c(OCC(=O)Oc2cccc3ccccc23)c2c(Cl)cccc12)Oc1cccc2ccccc12. The number of rotatable bonds is 8. The number of fused-ring (bicyclic) bond motifs is 4. The molecule has 46 heavy (non-hydrogen) atoms. The highest BCUT2D eigenvalue weighted by Crippen LogP contribution is 2.47. The summed E-state index contributed by atoms with van der Waals surface area (Å²) in [7, 11) is 0. The number of hydrogen-bond acceptors (Lipinski definition) is 6. The first-order chi connectivity index (χ1) is 22.5. The first kappa shape index (κ1) is 29.4. The van der Waals surface area contributed by atoms with E-state index in [1.807, 2.05) is 72.8 Å². The van der Waals surface area contributed by atoms with Gasteiger partial charge in [-0.1, -0.05) is 120 Å². The van der Waals surface area contributed by atoms with E-state index in [0.29, 0.717) is 54.6 Å². The lowest BCUT2D eigenvalue weighted by atomic mass is 10.0. The zero-order valence-electron chi connectivity index (χ0n) is 24.2. The summed E-state index contributed by atoms with van der Waals surface area (Å²) in [6, 6.07) is 36.8. The molecule has 226 valence electrons. The second-order valence-electron chi connectivity index (χ2n) is 10.5. The average Bonchev–Trinajstić information content (AvgIpc) is 3.07. The van der Waals surface area contributed by atoms with Crippen molar-refractivity contribution in [1.82, 2.24) is 0 Å². The van der Waals surface area contributed by atoms with Crippen LogP contribution in [-0.4, -0.2) is 25.2 Å². The Morgan fingerprint density at radius 1 is 0.457 bits per heavy atom. The fraction of sp³-hybridized carbons (Fsp3) is 0.0526. The van der Waals surface area contributed by atoms with E-state index in [1.54, 1.807) is 48.5 Å². The molecule has 0 aromatic heterocycles. The van der Waals surface area contributed by atoms with Crippen LogP contribution in [0.1, 0.15) is 0 Å². The lowest BCUT2D eigenvalue weighted by Gasteiger charge is -2.19. The number of benzene rings is 7. The van der Waals surface area contributed by atoms with Crippen LogP contribution in [0.25, 0.3) is 43.1 Å². The molecule has 6 nitrogen and oxygen atoms in total. The second-order valence-corrected chi connectivity index (χ2v) is 11.3. The maximum absolute atomic E-state index is 13.1. The van der Waals surface area contributed by atoms with Crippen LogP contribution < -0.4 is 18.9 Å². The molecular formula is C38H24Cl2O6. The molecule has 7 aromatic carbocycles. The Morgan fingerprint density at radius 3 is 1.35 bits per heavy atom. The van der Waals surface area contributed by atoms with Gasteiger partial charge in [0.25, 0.3) is 0 Å². The fourth-order valence-corrected chi connectivity index (χ4v) is 6.11. The third-order valence-corrected chi connectivity index (χ3v) is 8.22. The van der Waals surface area contributed by atoms with E-state index in [-0.39, 0.29) is 6.61 Å². The maximum Gasteiger partial charge on any atom is 0.349 e. The van der Waals surface area contributed by atoms with Crippen molar-refractivity contribution in [2.75, 3.05) is 13.2 Å². The van der Waals surface area contributed by atoms with Crippen molar-refractivity contribution in [1.29, 1.82) is 0 Å². The number of ether oxygens (including phenoxy) is 4. The molecular weight excluding hydrogens is 623 g/mol. The van der Waals surface area contributed by atoms with E-state index in [4.69, 9.17) is 42.1 Å². The molecule has 7 aromatic rings. The van der Waals surface area contributed by atoms with Gasteiger partial charge < -0.3 is 18.9 Å². The Morgan fingerprint density at radius 2 is 0.848 bits per heavy atom. The number of hydrogen-bond donors (Lipinski definition) is 0. The van der Waals surface area contributed by atoms with Gasteiger partial charge in [-0.25, -0.2) is 9.59 Å². The van der Waals surface area contributed by atoms with E-state index in [1.165, 1.54) is 0 Å². The van der Waals surface area contributed by atoms with Crippen molar-refractivity contribution in [3.63, 3.8) is 0 Å². The Labute approximate surface area is 273 Å². The number of carbonyl (C=O) groups is 2. The monoisotopic (exact) mass is 646 g/mol. The molecule has 0 aliphatic rings. The van der Waals surface area contributed by atoms with E-state index in [2.05, 4.69) is 0 Å². The van der Waals surface area contributed by atoms with Crippen LogP contribution in [0.4, 0.5) is 0 Å². The van der Waals surface area contributed by atoms with Crippen LogP contribution in [0.3, 0.4) is 0 Å². The summed E-state index contributed by atoms with van der Waals surface area (Å²) in [6.45, 7) is -0.800. The molecule has 0 aliphatic heterocycles. The van der Waals surface area contributed by atoms with Crippen molar-refractivity contribution >= 4 is 78.2 Å². The number of carbonyl (C=O) groups excluding carboxylic acids is 2. The van der Waals surface area contributed by atoms with Gasteiger partial charge in [0.05, 0.1) is 10.0 Å². The molecule has 7 rings (SSSR count). The van der Waals surface area contributed by atoms with Gasteiger partial charge in [0.2, 0.25) is 0 Å². The van der Waals surface area contributed by atoms with Crippen molar-refractivity contribution in [2.24, 2.45) is 0 Å². The Hall–Kier alpha value is -5.30. The summed E-state index contributed by atoms with van der Waals surface area (Å²) in [5.41, 5.74) is 0. The highest BCUT2D eigenvalue weighted by Gasteiger charge is 2.22. The minimum absolute atomic E-state index is 0.293. The molecule has 0 atom stereocenters. The topological polar surface area (TPSA) is 71.1 Å². The lowest BCUT2D eigenvalue weighted by Crippen LogP contribution is -2.19. The Kier molecular flexibility index (Phi) is 8.06. The smallest absolute Gasteiger partial charge is 0.349 e. The summed E-state index contributed by atoms with van der Waals surface area (Å²) in [5, 5.41) is 6.29. The predicted molar refractivity (Wildman–Crippen MR) is 182 cm³/mol. The third kappa shape index (κ3) is 5.65. The average molecular weight is 648 g/mol. The van der Waals surface area contributed by atoms with Crippen LogP contribution in [0.2, 0.25) is 10.0 Å². The van der Waals surface area contributed by atoms with Gasteiger partial charge in [-0.2, -0.15) is 0 Å². The zero-order valence-corrected chi connectivity index (χ0v) is 25.7. The van der Waals surface area contributed by atoms with Gasteiger partial charge in [0.15, 0.2) is 13.2 Å². The quantitative estimate of drug-likeness (QED) is 0.0930. The minimum Gasteiger partial charge on any atom is -0.481 e. The van der Waals surface area contributed by atoms with Gasteiger partial charge in [0.1, 0.15) is 23.0 Å². The molecule has 8 heteroatoms. The molecule has 0 spiro atoms. The van der Waals surface area contributed by atoms with E-state index >= 15 is 0 Å². The summed E-state index contributed by atoms with van der Waals surface area (Å²) in [4.78, 5) is 26.1. The summed E-state index contributed by atoms with van der Waals surface area (Å²) in [5.74, 6) is 0.340. The lowest BCUT2D eigenvalue weighted by molar-refractivity contribution is -0.137. The van der Waals surface area contributed by atoms with E-state index in [0.717, 1.165) is 21.5 Å². The molecule has 0 unspecified atom stereocenters. The molecule has 0 N–H and O–H groups in total. The molecule has 0 radical (unpaired) electrons. The zero-order chi connectivity index (χ0) is 31.6. The highest BCUT2D eigenvalue weighted by atomic mass is 35.5. The number of halogens is 2. The van der Waals surface area contributed by atoms with E-state index < -0.39 is 18.5 Å². The minimum atomic E-state index is -0.603. The van der Waals surface area contributed by atoms with Gasteiger partial charge in [-0.15, -0.1) is 0 Å². The van der Waals surface area contributed by atoms with Crippen molar-refractivity contribution in [2.45, 2.75) is 0 Å². The molecule has 0 fully saturated rings. The Balaban J connectivity index is 1.20. The molecule has 0 saturated heterocycles. The summed E-state index contributed by atoms with van der Waals surface area (Å²) >= 11 is 13.5. The third-order valence-electron chi connectivity index (χ3n) is 7.59. The molecule has 0 saturated carbocycles. The van der Waals surface area contributed by atoms with Gasteiger partial charge in [-0.05, 0) is 35.0 Å². The predicted octanol–water partition coefficient (Wildman–Crippen LogP) is 9.57. The van der Waals surface area contributed by atoms with Crippen LogP contribution in [0, 0.1) is 0 Å². The molecule has 0 bridgehead atoms. The van der Waals surface area contributed by atoms with Crippen LogP contribution in [0.5, 0.6) is 23.0 Å². The van der Waals surface area contributed by atoms with Crippen LogP contribution >= 0.6 is 23.2 Å². The number of esters is 2. The first-order valence-corrected chi connectivity index (χ1v) is 15.2. The van der Waals surface area contributed by atoms with Crippen LogP contribution in [0.15, 0.2) is 121 Å². The second kappa shape index (κ2) is 12.6. The maximum atomic E-state index is 13.1. The Bertz CT molecular complexity index is 2220. The van der Waals surface area contributed by atoms with Gasteiger partial charge in [0, 0.05) is 32.3 Å². The summed E-state index contributed by atoms with van der Waals surface area (Å²) < 4.78 is 23.7. The highest BCUT2D eigenvalue weighted by molar-refractivity contribution is 6.40. The molecule has 0 heterocycles. The molecule has 0 amide bonds. The standard InChI is InChI=1S/C38H24Cl2O6/c39-29-17-7-15-27-35(29)38(44-22-34(42)46-32-20-6-12-24-10-2-4-14-26(24)32)36-28(16-8-18-30(36)40)37(27)43-21-33(41)45-31-19-5-11-23-9-1-3-13-25(23)31/h1-20H,21-22H2. The van der Waals surface area contributed by atoms with Gasteiger partial charge in [-0.3, -0.25) is 0 Å². The summed E-state index contributed by atoms with van der Waals surface area (Å²) in [6.07, 6.45) is 0. The van der Waals surface area contributed by atoms with Crippen molar-refractivity contribution < 1.29 is 28.5 Å². The largest absolute Gasteiger partial charge is 0.481 e. The first-order valence-electron chi connectivity index (χ1n) is 14.4. The van der Waals surface area contributed by atoms with Crippen molar-refractivity contribution in [3.8, 4) is 23.0 Å². The normalized spacial score (nSPS) is 11.2. The van der Waals surface area contributed by atoms with Crippen molar-refractivity contribution in [3.05, 3.63) is 131 Å². The fourth-order valence-electron chi connectivity index (χ4n) is 5.59. The van der Waals surface area contributed by atoms with Gasteiger partial charge >= 0.3 is 11.9 Å². The molecule has 0 aliphatic carbocycles. The van der Waals surface area contributed by atoms with E-state index in [9.17, 15) is 9.59 Å². The van der Waals surface area contributed by atoms with Crippen LogP contribution in [-0.2, 0) is 9.59 Å².